The van der Waals surface area contributed by atoms with Crippen molar-refractivity contribution in [2.45, 2.75) is 18.9 Å². The number of benzene rings is 2. The van der Waals surface area contributed by atoms with E-state index in [2.05, 4.69) is 10.3 Å². The number of methoxy groups -OCH3 is 1. The van der Waals surface area contributed by atoms with Crippen molar-refractivity contribution in [3.05, 3.63) is 77.5 Å². The predicted molar refractivity (Wildman–Crippen MR) is 100.0 cm³/mol. The first-order valence-corrected chi connectivity index (χ1v) is 8.70. The Morgan fingerprint density at radius 3 is 1.97 bits per heavy atom. The topological polar surface area (TPSA) is 34.1 Å². The largest absolute Gasteiger partial charge is 0.497 e. The molecule has 0 aliphatic carbocycles. The quantitative estimate of drug-likeness (QED) is 0.479. The molecule has 9 heteroatoms. The van der Waals surface area contributed by atoms with Gasteiger partial charge in [-0.15, -0.1) is 0 Å². The number of pyridine rings is 1. The minimum absolute atomic E-state index is 0.0530. The van der Waals surface area contributed by atoms with Gasteiger partial charge in [0.1, 0.15) is 5.75 Å². The lowest BCUT2D eigenvalue weighted by atomic mass is 10.1. The van der Waals surface area contributed by atoms with E-state index in [0.717, 1.165) is 5.56 Å². The first-order valence-electron chi connectivity index (χ1n) is 8.70. The summed E-state index contributed by atoms with van der Waals surface area (Å²) in [5, 5.41) is 2.60. The maximum absolute atomic E-state index is 13.0. The van der Waals surface area contributed by atoms with Crippen molar-refractivity contribution in [3.8, 4) is 17.0 Å². The minimum atomic E-state index is -4.90. The van der Waals surface area contributed by atoms with Gasteiger partial charge in [-0.3, -0.25) is 4.98 Å². The zero-order valence-corrected chi connectivity index (χ0v) is 15.6. The number of hydrogen-bond donors (Lipinski definition) is 1. The van der Waals surface area contributed by atoms with E-state index in [4.69, 9.17) is 4.74 Å². The highest BCUT2D eigenvalue weighted by Crippen LogP contribution is 2.37. The number of ether oxygens (including phenoxy) is 1. The molecule has 0 radical (unpaired) electrons. The van der Waals surface area contributed by atoms with Crippen LogP contribution in [0.25, 0.3) is 11.3 Å². The monoisotopic (exact) mass is 426 g/mol. The van der Waals surface area contributed by atoms with Crippen LogP contribution < -0.4 is 10.1 Å². The summed E-state index contributed by atoms with van der Waals surface area (Å²) in [6.45, 7) is -0.0530. The molecule has 1 heterocycles. The zero-order chi connectivity index (χ0) is 21.9. The van der Waals surface area contributed by atoms with Crippen LogP contribution in [0, 0.1) is 0 Å². The molecule has 1 aromatic heterocycles. The summed E-state index contributed by atoms with van der Waals surface area (Å²) in [7, 11) is 1.54. The molecule has 30 heavy (non-hydrogen) atoms. The summed E-state index contributed by atoms with van der Waals surface area (Å²) in [5.74, 6) is 0.668. The smallest absolute Gasteiger partial charge is 0.416 e. The Morgan fingerprint density at radius 2 is 1.43 bits per heavy atom. The van der Waals surface area contributed by atoms with Crippen molar-refractivity contribution in [3.63, 3.8) is 0 Å². The van der Waals surface area contributed by atoms with Crippen LogP contribution in [0.1, 0.15) is 16.8 Å². The van der Waals surface area contributed by atoms with E-state index in [9.17, 15) is 26.3 Å². The maximum Gasteiger partial charge on any atom is 0.416 e. The van der Waals surface area contributed by atoms with Crippen molar-refractivity contribution in [1.82, 2.24) is 4.98 Å². The van der Waals surface area contributed by atoms with E-state index in [1.54, 1.807) is 42.5 Å². The van der Waals surface area contributed by atoms with E-state index in [1.807, 2.05) is 0 Å². The van der Waals surface area contributed by atoms with Crippen LogP contribution in [0.2, 0.25) is 0 Å². The fraction of sp³-hybridized carbons (Fsp3) is 0.190. The van der Waals surface area contributed by atoms with E-state index >= 15 is 0 Å². The number of halogens is 6. The highest BCUT2D eigenvalue weighted by Gasteiger charge is 2.36. The second-order valence-electron chi connectivity index (χ2n) is 6.39. The van der Waals surface area contributed by atoms with E-state index < -0.39 is 23.5 Å². The van der Waals surface area contributed by atoms with Gasteiger partial charge in [-0.2, -0.15) is 26.3 Å². The molecule has 3 aromatic rings. The molecule has 158 valence electrons. The number of nitrogens with zero attached hydrogens (tertiary/aromatic N) is 1. The molecule has 1 N–H and O–H groups in total. The third-order valence-electron chi connectivity index (χ3n) is 4.25. The highest BCUT2D eigenvalue weighted by molar-refractivity contribution is 5.60. The van der Waals surface area contributed by atoms with Gasteiger partial charge in [0.05, 0.1) is 36.2 Å². The Balaban J connectivity index is 1.83. The lowest BCUT2D eigenvalue weighted by molar-refractivity contribution is -0.143. The molecule has 0 saturated heterocycles. The van der Waals surface area contributed by atoms with Gasteiger partial charge < -0.3 is 10.1 Å². The first-order chi connectivity index (χ1) is 14.1. The van der Waals surface area contributed by atoms with E-state index in [1.165, 1.54) is 7.11 Å². The van der Waals surface area contributed by atoms with E-state index in [0.29, 0.717) is 29.3 Å². The van der Waals surface area contributed by atoms with Crippen LogP contribution in [0.5, 0.6) is 5.75 Å². The average Bonchev–Trinajstić information content (AvgIpc) is 2.71. The Kier molecular flexibility index (Phi) is 5.91. The molecule has 0 atom stereocenters. The van der Waals surface area contributed by atoms with Crippen LogP contribution in [0.3, 0.4) is 0 Å². The van der Waals surface area contributed by atoms with Crippen molar-refractivity contribution < 1.29 is 31.1 Å². The number of anilines is 1. The summed E-state index contributed by atoms with van der Waals surface area (Å²) in [6, 6.07) is 13.5. The molecular formula is C21H16F6N2O. The standard InChI is InChI=1S/C21H16F6N2O/c1-30-18-7-5-13(6-8-18)19-4-2-3-16(29-19)12-28-17-10-14(20(22,23)24)9-15(11-17)21(25,26)27/h2-11,28H,12H2,1H3. The first kappa shape index (κ1) is 21.5. The van der Waals surface area contributed by atoms with Gasteiger partial charge >= 0.3 is 12.4 Å². The Bertz CT molecular complexity index is 981. The zero-order valence-electron chi connectivity index (χ0n) is 15.6. The molecule has 3 rings (SSSR count). The molecule has 0 amide bonds. The highest BCUT2D eigenvalue weighted by atomic mass is 19.4. The van der Waals surface area contributed by atoms with Crippen molar-refractivity contribution in [2.75, 3.05) is 12.4 Å². The van der Waals surface area contributed by atoms with Crippen LogP contribution in [-0.2, 0) is 18.9 Å². The van der Waals surface area contributed by atoms with E-state index in [-0.39, 0.29) is 18.3 Å². The van der Waals surface area contributed by atoms with Crippen LogP contribution in [-0.4, -0.2) is 12.1 Å². The van der Waals surface area contributed by atoms with Gasteiger partial charge in [-0.1, -0.05) is 6.07 Å². The summed E-state index contributed by atoms with van der Waals surface area (Å²) < 4.78 is 83.0. The van der Waals surface area contributed by atoms with Gasteiger partial charge in [-0.25, -0.2) is 0 Å². The number of nitrogens with one attached hydrogen (secondary N) is 1. The second-order valence-corrected chi connectivity index (χ2v) is 6.39. The second kappa shape index (κ2) is 8.25. The third kappa shape index (κ3) is 5.22. The molecule has 0 saturated carbocycles. The van der Waals surface area contributed by atoms with Gasteiger partial charge in [-0.05, 0) is 54.6 Å². The van der Waals surface area contributed by atoms with Gasteiger partial charge in [0, 0.05) is 11.3 Å². The van der Waals surface area contributed by atoms with Crippen LogP contribution in [0.15, 0.2) is 60.7 Å². The molecule has 0 fully saturated rings. The lowest BCUT2D eigenvalue weighted by Gasteiger charge is -2.15. The number of aromatic nitrogens is 1. The summed E-state index contributed by atoms with van der Waals surface area (Å²) in [5.41, 5.74) is -1.20. The third-order valence-corrected chi connectivity index (χ3v) is 4.25. The number of alkyl halides is 6. The van der Waals surface area contributed by atoms with Crippen LogP contribution >= 0.6 is 0 Å². The molecular weight excluding hydrogens is 410 g/mol. The molecule has 2 aromatic carbocycles. The van der Waals surface area contributed by atoms with Gasteiger partial charge in [0.15, 0.2) is 0 Å². The molecule has 3 nitrogen and oxygen atoms in total. The maximum atomic E-state index is 13.0. The Morgan fingerprint density at radius 1 is 0.833 bits per heavy atom. The van der Waals surface area contributed by atoms with Gasteiger partial charge in [0.25, 0.3) is 0 Å². The predicted octanol–water partition coefficient (Wildman–Crippen LogP) is 6.41. The molecule has 0 spiro atoms. The Hall–Kier alpha value is -3.23. The fourth-order valence-corrected chi connectivity index (χ4v) is 2.75. The molecule has 0 unspecified atom stereocenters. The normalized spacial score (nSPS) is 12.0. The summed E-state index contributed by atoms with van der Waals surface area (Å²) in [4.78, 5) is 4.41. The van der Waals surface area contributed by atoms with Crippen molar-refractivity contribution in [2.24, 2.45) is 0 Å². The molecule has 0 bridgehead atoms. The van der Waals surface area contributed by atoms with Crippen molar-refractivity contribution >= 4 is 5.69 Å². The molecule has 0 aliphatic heterocycles. The average molecular weight is 426 g/mol. The SMILES string of the molecule is COc1ccc(-c2cccc(CNc3cc(C(F)(F)F)cc(C(F)(F)F)c3)n2)cc1. The fourth-order valence-electron chi connectivity index (χ4n) is 2.75. The Labute approximate surface area is 168 Å². The summed E-state index contributed by atoms with van der Waals surface area (Å²) >= 11 is 0. The van der Waals surface area contributed by atoms with Crippen LogP contribution in [0.4, 0.5) is 32.0 Å². The number of rotatable bonds is 5. The van der Waals surface area contributed by atoms with Crippen molar-refractivity contribution in [1.29, 1.82) is 0 Å². The molecule has 0 aliphatic rings. The minimum Gasteiger partial charge on any atom is -0.497 e. The summed E-state index contributed by atoms with van der Waals surface area (Å²) in [6.07, 6.45) is -9.80. The number of hydrogen-bond acceptors (Lipinski definition) is 3. The van der Waals surface area contributed by atoms with Gasteiger partial charge in [0.2, 0.25) is 0 Å². The lowest BCUT2D eigenvalue weighted by Crippen LogP contribution is -2.12.